The van der Waals surface area contributed by atoms with Gasteiger partial charge in [0.25, 0.3) is 5.91 Å². The van der Waals surface area contributed by atoms with Gasteiger partial charge in [-0.1, -0.05) is 23.7 Å². The SMILES string of the molecule is O=C1CN(Cc2ccc(Cl)cc2)C(=O)N1C1CCS(=O)(=O)C1. The van der Waals surface area contributed by atoms with Gasteiger partial charge in [0.1, 0.15) is 6.54 Å². The molecular formula is C14H15ClN2O4S. The summed E-state index contributed by atoms with van der Waals surface area (Å²) in [5.74, 6) is -0.424. The molecule has 1 aromatic rings. The Labute approximate surface area is 133 Å². The van der Waals surface area contributed by atoms with Crippen molar-refractivity contribution in [2.45, 2.75) is 19.0 Å². The van der Waals surface area contributed by atoms with E-state index in [1.807, 2.05) is 0 Å². The molecule has 3 amide bonds. The van der Waals surface area contributed by atoms with Crippen molar-refractivity contribution in [1.82, 2.24) is 9.80 Å². The van der Waals surface area contributed by atoms with Crippen molar-refractivity contribution in [3.05, 3.63) is 34.9 Å². The van der Waals surface area contributed by atoms with Crippen molar-refractivity contribution in [2.75, 3.05) is 18.1 Å². The molecule has 0 saturated carbocycles. The van der Waals surface area contributed by atoms with Gasteiger partial charge in [-0.2, -0.15) is 0 Å². The monoisotopic (exact) mass is 342 g/mol. The molecule has 0 spiro atoms. The number of halogens is 1. The molecular weight excluding hydrogens is 328 g/mol. The van der Waals surface area contributed by atoms with Gasteiger partial charge in [-0.3, -0.25) is 9.69 Å². The summed E-state index contributed by atoms with van der Waals surface area (Å²) in [5.41, 5.74) is 0.867. The van der Waals surface area contributed by atoms with Crippen LogP contribution >= 0.6 is 11.6 Å². The van der Waals surface area contributed by atoms with Gasteiger partial charge in [0, 0.05) is 11.6 Å². The molecule has 2 aliphatic rings. The van der Waals surface area contributed by atoms with Gasteiger partial charge in [0.15, 0.2) is 9.84 Å². The van der Waals surface area contributed by atoms with Crippen LogP contribution in [0.4, 0.5) is 4.79 Å². The Morgan fingerprint density at radius 3 is 2.45 bits per heavy atom. The van der Waals surface area contributed by atoms with Crippen LogP contribution in [0.25, 0.3) is 0 Å². The first-order chi connectivity index (χ1) is 10.4. The second kappa shape index (κ2) is 5.55. The Bertz CT molecular complexity index is 717. The van der Waals surface area contributed by atoms with Gasteiger partial charge in [0.05, 0.1) is 17.5 Å². The number of imide groups is 1. The zero-order chi connectivity index (χ0) is 15.9. The van der Waals surface area contributed by atoms with E-state index in [0.29, 0.717) is 18.0 Å². The Morgan fingerprint density at radius 1 is 1.18 bits per heavy atom. The molecule has 2 aliphatic heterocycles. The van der Waals surface area contributed by atoms with Crippen LogP contribution in [0.3, 0.4) is 0 Å². The van der Waals surface area contributed by atoms with Gasteiger partial charge in [-0.05, 0) is 24.1 Å². The molecule has 8 heteroatoms. The molecule has 6 nitrogen and oxygen atoms in total. The smallest absolute Gasteiger partial charge is 0.311 e. The molecule has 0 bridgehead atoms. The van der Waals surface area contributed by atoms with Crippen molar-refractivity contribution in [1.29, 1.82) is 0 Å². The highest BCUT2D eigenvalue weighted by Gasteiger charge is 2.44. The van der Waals surface area contributed by atoms with Gasteiger partial charge in [0.2, 0.25) is 0 Å². The van der Waals surface area contributed by atoms with Gasteiger partial charge < -0.3 is 4.90 Å². The first-order valence-electron chi connectivity index (χ1n) is 6.91. The standard InChI is InChI=1S/C14H15ClN2O4S/c15-11-3-1-10(2-4-11)7-16-8-13(18)17(14(16)19)12-5-6-22(20,21)9-12/h1-4,12H,5-9H2. The zero-order valence-corrected chi connectivity index (χ0v) is 13.3. The molecule has 0 N–H and O–H groups in total. The molecule has 3 rings (SSSR count). The third kappa shape index (κ3) is 2.96. The fourth-order valence-electron chi connectivity index (χ4n) is 2.84. The molecule has 22 heavy (non-hydrogen) atoms. The van der Waals surface area contributed by atoms with Crippen LogP contribution in [-0.4, -0.2) is 54.2 Å². The molecule has 1 aromatic carbocycles. The minimum absolute atomic E-state index is 0.0159. The fourth-order valence-corrected chi connectivity index (χ4v) is 4.66. The Balaban J connectivity index is 1.73. The maximum atomic E-state index is 12.4. The number of benzene rings is 1. The van der Waals surface area contributed by atoms with Crippen molar-refractivity contribution >= 4 is 33.4 Å². The molecule has 0 radical (unpaired) electrons. The van der Waals surface area contributed by atoms with Crippen molar-refractivity contribution in [3.8, 4) is 0 Å². The first-order valence-corrected chi connectivity index (χ1v) is 9.11. The van der Waals surface area contributed by atoms with Crippen molar-refractivity contribution in [2.24, 2.45) is 0 Å². The number of amides is 3. The summed E-state index contributed by atoms with van der Waals surface area (Å²) in [7, 11) is -3.14. The minimum atomic E-state index is -3.14. The van der Waals surface area contributed by atoms with Crippen LogP contribution in [-0.2, 0) is 21.2 Å². The molecule has 0 aliphatic carbocycles. The molecule has 1 atom stereocenters. The second-order valence-corrected chi connectivity index (χ2v) is 8.25. The van der Waals surface area contributed by atoms with Crippen LogP contribution in [0.2, 0.25) is 5.02 Å². The van der Waals surface area contributed by atoms with E-state index in [0.717, 1.165) is 10.5 Å². The summed E-state index contributed by atoms with van der Waals surface area (Å²) in [6.45, 7) is 0.287. The summed E-state index contributed by atoms with van der Waals surface area (Å²) >= 11 is 5.82. The van der Waals surface area contributed by atoms with Crippen molar-refractivity contribution < 1.29 is 18.0 Å². The van der Waals surface area contributed by atoms with E-state index in [1.54, 1.807) is 24.3 Å². The summed E-state index contributed by atoms with van der Waals surface area (Å²) in [6, 6.07) is 6.09. The highest BCUT2D eigenvalue weighted by atomic mass is 35.5. The first kappa shape index (κ1) is 15.3. The summed E-state index contributed by atoms with van der Waals surface area (Å²) in [4.78, 5) is 27.0. The molecule has 0 aromatic heterocycles. The van der Waals surface area contributed by atoms with Crippen molar-refractivity contribution in [3.63, 3.8) is 0 Å². The average molecular weight is 343 g/mol. The Hall–Kier alpha value is -1.60. The largest absolute Gasteiger partial charge is 0.327 e. The van der Waals surface area contributed by atoms with E-state index in [-0.39, 0.29) is 24.0 Å². The number of sulfone groups is 1. The average Bonchev–Trinajstić information content (AvgIpc) is 2.93. The number of hydrogen-bond acceptors (Lipinski definition) is 4. The lowest BCUT2D eigenvalue weighted by molar-refractivity contribution is -0.126. The number of nitrogens with zero attached hydrogens (tertiary/aromatic N) is 2. The number of urea groups is 1. The highest BCUT2D eigenvalue weighted by Crippen LogP contribution is 2.24. The zero-order valence-electron chi connectivity index (χ0n) is 11.7. The number of carbonyl (C=O) groups is 2. The number of rotatable bonds is 3. The lowest BCUT2D eigenvalue weighted by atomic mass is 10.2. The summed E-state index contributed by atoms with van der Waals surface area (Å²) in [5, 5.41) is 0.602. The second-order valence-electron chi connectivity index (χ2n) is 5.59. The topological polar surface area (TPSA) is 74.8 Å². The van der Waals surface area contributed by atoms with E-state index in [9.17, 15) is 18.0 Å². The Kier molecular flexibility index (Phi) is 3.86. The lowest BCUT2D eigenvalue weighted by Gasteiger charge is -2.21. The summed E-state index contributed by atoms with van der Waals surface area (Å²) in [6.07, 6.45) is 0.328. The van der Waals surface area contributed by atoms with Crippen LogP contribution < -0.4 is 0 Å². The number of carbonyl (C=O) groups excluding carboxylic acids is 2. The number of hydrogen-bond donors (Lipinski definition) is 0. The lowest BCUT2D eigenvalue weighted by Crippen LogP contribution is -2.41. The van der Waals surface area contributed by atoms with Crippen LogP contribution in [0, 0.1) is 0 Å². The fraction of sp³-hybridized carbons (Fsp3) is 0.429. The highest BCUT2D eigenvalue weighted by molar-refractivity contribution is 7.91. The van der Waals surface area contributed by atoms with Gasteiger partial charge in [-0.15, -0.1) is 0 Å². The minimum Gasteiger partial charge on any atom is -0.311 e. The third-order valence-corrected chi connectivity index (χ3v) is 5.93. The van der Waals surface area contributed by atoms with E-state index in [2.05, 4.69) is 0 Å². The molecule has 1 unspecified atom stereocenters. The van der Waals surface area contributed by atoms with Crippen LogP contribution in [0.1, 0.15) is 12.0 Å². The van der Waals surface area contributed by atoms with E-state index in [4.69, 9.17) is 11.6 Å². The molecule has 2 saturated heterocycles. The third-order valence-electron chi connectivity index (χ3n) is 3.93. The molecule has 2 heterocycles. The quantitative estimate of drug-likeness (QED) is 0.776. The van der Waals surface area contributed by atoms with Gasteiger partial charge in [-0.25, -0.2) is 13.2 Å². The predicted molar refractivity (Wildman–Crippen MR) is 81.2 cm³/mol. The maximum Gasteiger partial charge on any atom is 0.327 e. The maximum absolute atomic E-state index is 12.4. The Morgan fingerprint density at radius 2 is 1.86 bits per heavy atom. The molecule has 118 valence electrons. The van der Waals surface area contributed by atoms with E-state index in [1.165, 1.54) is 4.90 Å². The predicted octanol–water partition coefficient (Wildman–Crippen LogP) is 1.29. The van der Waals surface area contributed by atoms with E-state index < -0.39 is 21.9 Å². The molecule has 2 fully saturated rings. The summed E-state index contributed by atoms with van der Waals surface area (Å²) < 4.78 is 23.1. The van der Waals surface area contributed by atoms with Crippen LogP contribution in [0.5, 0.6) is 0 Å². The normalized spacial score (nSPS) is 24.3. The van der Waals surface area contributed by atoms with Crippen LogP contribution in [0.15, 0.2) is 24.3 Å². The van der Waals surface area contributed by atoms with E-state index >= 15 is 0 Å². The van der Waals surface area contributed by atoms with Gasteiger partial charge >= 0.3 is 6.03 Å².